The highest BCUT2D eigenvalue weighted by atomic mass is 19.4. The van der Waals surface area contributed by atoms with Crippen molar-refractivity contribution >= 4 is 5.91 Å². The number of hydrogen-bond acceptors (Lipinski definition) is 2. The molecule has 0 saturated heterocycles. The molecule has 18 heavy (non-hydrogen) atoms. The molecule has 6 heteroatoms. The number of nitrogens with one attached hydrogen (secondary N) is 1. The quantitative estimate of drug-likeness (QED) is 0.903. The van der Waals surface area contributed by atoms with Gasteiger partial charge in [0.15, 0.2) is 6.61 Å². The van der Waals surface area contributed by atoms with Gasteiger partial charge in [0.25, 0.3) is 5.91 Å². The lowest BCUT2D eigenvalue weighted by atomic mass is 10.1. The third-order valence-corrected chi connectivity index (χ3v) is 2.19. The smallest absolute Gasteiger partial charge is 0.405 e. The number of benzene rings is 1. The minimum Gasteiger partial charge on any atom is -0.483 e. The molecule has 0 aliphatic carbocycles. The summed E-state index contributed by atoms with van der Waals surface area (Å²) in [5.74, 6) is -0.301. The minimum absolute atomic E-state index is 0.430. The highest BCUT2D eigenvalue weighted by molar-refractivity contribution is 5.77. The van der Waals surface area contributed by atoms with Crippen LogP contribution in [0.25, 0.3) is 0 Å². The molecule has 3 nitrogen and oxygen atoms in total. The maximum absolute atomic E-state index is 11.8. The molecule has 1 rings (SSSR count). The molecule has 0 aliphatic heterocycles. The van der Waals surface area contributed by atoms with Gasteiger partial charge in [-0.3, -0.25) is 4.79 Å². The van der Waals surface area contributed by atoms with E-state index in [0.29, 0.717) is 5.75 Å². The SMILES string of the molecule is Cc1ccc(C)c(OCC(=O)NCC(F)(F)F)c1. The van der Waals surface area contributed by atoms with Crippen molar-refractivity contribution in [1.82, 2.24) is 5.32 Å². The van der Waals surface area contributed by atoms with Crippen molar-refractivity contribution in [2.75, 3.05) is 13.2 Å². The fourth-order valence-electron chi connectivity index (χ4n) is 1.26. The van der Waals surface area contributed by atoms with E-state index in [0.717, 1.165) is 11.1 Å². The molecule has 0 atom stereocenters. The summed E-state index contributed by atoms with van der Waals surface area (Å²) in [6.07, 6.45) is -4.41. The van der Waals surface area contributed by atoms with E-state index in [1.807, 2.05) is 19.1 Å². The van der Waals surface area contributed by atoms with Crippen LogP contribution in [-0.2, 0) is 4.79 Å². The van der Waals surface area contributed by atoms with Gasteiger partial charge in [-0.05, 0) is 31.0 Å². The van der Waals surface area contributed by atoms with Crippen molar-refractivity contribution < 1.29 is 22.7 Å². The highest BCUT2D eigenvalue weighted by Gasteiger charge is 2.27. The first kappa shape index (κ1) is 14.3. The molecule has 100 valence electrons. The van der Waals surface area contributed by atoms with Crippen LogP contribution >= 0.6 is 0 Å². The van der Waals surface area contributed by atoms with Crippen LogP contribution in [0, 0.1) is 13.8 Å². The number of alkyl halides is 3. The van der Waals surface area contributed by atoms with Crippen LogP contribution in [0.3, 0.4) is 0 Å². The second kappa shape index (κ2) is 5.75. The van der Waals surface area contributed by atoms with Crippen molar-refractivity contribution in [2.24, 2.45) is 0 Å². The first-order valence-corrected chi connectivity index (χ1v) is 5.31. The Labute approximate surface area is 103 Å². The lowest BCUT2D eigenvalue weighted by Crippen LogP contribution is -2.36. The van der Waals surface area contributed by atoms with Gasteiger partial charge in [-0.1, -0.05) is 12.1 Å². The minimum atomic E-state index is -4.41. The Kier molecular flexibility index (Phi) is 4.58. The molecule has 0 saturated carbocycles. The van der Waals surface area contributed by atoms with Gasteiger partial charge in [-0.25, -0.2) is 0 Å². The van der Waals surface area contributed by atoms with Crippen molar-refractivity contribution in [3.63, 3.8) is 0 Å². The van der Waals surface area contributed by atoms with Crippen LogP contribution in [-0.4, -0.2) is 25.2 Å². The Hall–Kier alpha value is -1.72. The van der Waals surface area contributed by atoms with Crippen molar-refractivity contribution in [2.45, 2.75) is 20.0 Å². The molecule has 0 radical (unpaired) electrons. The topological polar surface area (TPSA) is 38.3 Å². The lowest BCUT2D eigenvalue weighted by Gasteiger charge is -2.11. The molecule has 1 amide bonds. The fourth-order valence-corrected chi connectivity index (χ4v) is 1.26. The molecule has 0 unspecified atom stereocenters. The first-order valence-electron chi connectivity index (χ1n) is 5.31. The number of aryl methyl sites for hydroxylation is 2. The molecule has 0 spiro atoms. The van der Waals surface area contributed by atoms with Crippen LogP contribution in [0.15, 0.2) is 18.2 Å². The van der Waals surface area contributed by atoms with E-state index in [2.05, 4.69) is 0 Å². The molecule has 0 aromatic heterocycles. The van der Waals surface area contributed by atoms with E-state index in [1.165, 1.54) is 0 Å². The fraction of sp³-hybridized carbons (Fsp3) is 0.417. The molecular weight excluding hydrogens is 247 g/mol. The second-order valence-corrected chi connectivity index (χ2v) is 3.95. The Balaban J connectivity index is 2.45. The summed E-state index contributed by atoms with van der Waals surface area (Å²) in [5, 5.41) is 1.74. The summed E-state index contributed by atoms with van der Waals surface area (Å²) < 4.78 is 40.7. The predicted octanol–water partition coefficient (Wildman–Crippen LogP) is 2.36. The Bertz CT molecular complexity index is 430. The summed E-state index contributed by atoms with van der Waals surface area (Å²) >= 11 is 0. The third-order valence-electron chi connectivity index (χ3n) is 2.19. The normalized spacial score (nSPS) is 11.2. The Morgan fingerprint density at radius 2 is 2.00 bits per heavy atom. The number of carbonyl (C=O) groups is 1. The van der Waals surface area contributed by atoms with Gasteiger partial charge >= 0.3 is 6.18 Å². The summed E-state index contributed by atoms with van der Waals surface area (Å²) in [6.45, 7) is 1.88. The molecule has 0 fully saturated rings. The number of hydrogen-bond donors (Lipinski definition) is 1. The first-order chi connectivity index (χ1) is 8.28. The van der Waals surface area contributed by atoms with E-state index < -0.39 is 25.2 Å². The molecule has 0 bridgehead atoms. The van der Waals surface area contributed by atoms with E-state index in [1.54, 1.807) is 18.3 Å². The predicted molar refractivity (Wildman–Crippen MR) is 60.5 cm³/mol. The average Bonchev–Trinajstić information content (AvgIpc) is 2.26. The van der Waals surface area contributed by atoms with Crippen molar-refractivity contribution in [3.05, 3.63) is 29.3 Å². The highest BCUT2D eigenvalue weighted by Crippen LogP contribution is 2.18. The van der Waals surface area contributed by atoms with Gasteiger partial charge in [0.05, 0.1) is 0 Å². The number of rotatable bonds is 4. The molecule has 1 aromatic carbocycles. The summed E-state index contributed by atoms with van der Waals surface area (Å²) in [7, 11) is 0. The van der Waals surface area contributed by atoms with Gasteiger partial charge in [0.2, 0.25) is 0 Å². The van der Waals surface area contributed by atoms with Gasteiger partial charge in [-0.15, -0.1) is 0 Å². The molecule has 1 aromatic rings. The monoisotopic (exact) mass is 261 g/mol. The Morgan fingerprint density at radius 3 is 2.61 bits per heavy atom. The van der Waals surface area contributed by atoms with Crippen LogP contribution in [0.2, 0.25) is 0 Å². The van der Waals surface area contributed by atoms with Crippen LogP contribution in [0.5, 0.6) is 5.75 Å². The van der Waals surface area contributed by atoms with Crippen LogP contribution in [0.1, 0.15) is 11.1 Å². The maximum Gasteiger partial charge on any atom is 0.405 e. The number of ether oxygens (including phenoxy) is 1. The lowest BCUT2D eigenvalue weighted by molar-refractivity contribution is -0.139. The zero-order valence-electron chi connectivity index (χ0n) is 10.1. The number of amides is 1. The van der Waals surface area contributed by atoms with Crippen LogP contribution in [0.4, 0.5) is 13.2 Å². The Morgan fingerprint density at radius 1 is 1.33 bits per heavy atom. The van der Waals surface area contributed by atoms with Gasteiger partial charge < -0.3 is 10.1 Å². The number of halogens is 3. The molecule has 1 N–H and O–H groups in total. The largest absolute Gasteiger partial charge is 0.483 e. The number of carbonyl (C=O) groups excluding carboxylic acids is 1. The second-order valence-electron chi connectivity index (χ2n) is 3.95. The van der Waals surface area contributed by atoms with Crippen molar-refractivity contribution in [1.29, 1.82) is 0 Å². The van der Waals surface area contributed by atoms with Gasteiger partial charge in [0.1, 0.15) is 12.3 Å². The van der Waals surface area contributed by atoms with Gasteiger partial charge in [-0.2, -0.15) is 13.2 Å². The van der Waals surface area contributed by atoms with E-state index in [4.69, 9.17) is 4.74 Å². The van der Waals surface area contributed by atoms with Crippen LogP contribution < -0.4 is 10.1 Å². The molecule has 0 heterocycles. The van der Waals surface area contributed by atoms with E-state index in [-0.39, 0.29) is 0 Å². The zero-order valence-corrected chi connectivity index (χ0v) is 10.1. The average molecular weight is 261 g/mol. The summed E-state index contributed by atoms with van der Waals surface area (Å²) in [4.78, 5) is 11.1. The standard InChI is InChI=1S/C12H14F3NO2/c1-8-3-4-9(2)10(5-8)18-6-11(17)16-7-12(13,14)15/h3-5H,6-7H2,1-2H3,(H,16,17). The van der Waals surface area contributed by atoms with Crippen molar-refractivity contribution in [3.8, 4) is 5.75 Å². The summed E-state index contributed by atoms with van der Waals surface area (Å²) in [5.41, 5.74) is 1.77. The zero-order chi connectivity index (χ0) is 13.8. The molecule has 0 aliphatic rings. The third kappa shape index (κ3) is 5.07. The maximum atomic E-state index is 11.8. The summed E-state index contributed by atoms with van der Waals surface area (Å²) in [6, 6.07) is 5.43. The van der Waals surface area contributed by atoms with E-state index in [9.17, 15) is 18.0 Å². The molecular formula is C12H14F3NO2. The van der Waals surface area contributed by atoms with Gasteiger partial charge in [0, 0.05) is 0 Å². The van der Waals surface area contributed by atoms with E-state index >= 15 is 0 Å².